The fraction of sp³-hybridized carbons (Fsp3) is 0.529. The molecule has 1 aliphatic carbocycles. The van der Waals surface area contributed by atoms with Gasteiger partial charge in [0.2, 0.25) is 11.8 Å². The van der Waals surface area contributed by atoms with Crippen molar-refractivity contribution in [1.82, 2.24) is 9.80 Å². The van der Waals surface area contributed by atoms with Crippen molar-refractivity contribution < 1.29 is 14.0 Å². The van der Waals surface area contributed by atoms with E-state index in [0.29, 0.717) is 11.5 Å². The van der Waals surface area contributed by atoms with Gasteiger partial charge in [-0.1, -0.05) is 12.1 Å². The van der Waals surface area contributed by atoms with Crippen LogP contribution in [-0.2, 0) is 9.59 Å². The van der Waals surface area contributed by atoms with Crippen molar-refractivity contribution in [3.8, 4) is 0 Å². The van der Waals surface area contributed by atoms with Gasteiger partial charge in [-0.3, -0.25) is 9.59 Å². The van der Waals surface area contributed by atoms with Crippen molar-refractivity contribution >= 4 is 11.8 Å². The molecule has 0 radical (unpaired) electrons. The molecule has 1 saturated heterocycles. The van der Waals surface area contributed by atoms with Crippen LogP contribution in [0.1, 0.15) is 30.9 Å². The van der Waals surface area contributed by atoms with E-state index in [1.165, 1.54) is 25.0 Å². The summed E-state index contributed by atoms with van der Waals surface area (Å²) in [5.74, 6) is -0.242. The van der Waals surface area contributed by atoms with Crippen molar-refractivity contribution in [2.75, 3.05) is 20.6 Å². The van der Waals surface area contributed by atoms with E-state index in [1.807, 2.05) is 0 Å². The van der Waals surface area contributed by atoms with Gasteiger partial charge in [-0.05, 0) is 36.5 Å². The maximum atomic E-state index is 13.5. The Kier molecular flexibility index (Phi) is 3.89. The molecule has 1 aromatic carbocycles. The monoisotopic (exact) mass is 304 g/mol. The SMILES string of the molecule is CN(CC1CC1)C(=O)[C@H]1CC(=O)N(C)[C@H]1c1cccc(F)c1. The molecule has 0 spiro atoms. The topological polar surface area (TPSA) is 40.6 Å². The minimum atomic E-state index is -0.428. The smallest absolute Gasteiger partial charge is 0.228 e. The lowest BCUT2D eigenvalue weighted by Gasteiger charge is -2.28. The standard InChI is InChI=1S/C17H21FN2O2/c1-19(10-11-6-7-11)17(22)14-9-15(21)20(2)16(14)12-4-3-5-13(18)8-12/h3-5,8,11,14,16H,6-7,9-10H2,1-2H3/t14-,16-/m0/s1. The van der Waals surface area contributed by atoms with E-state index < -0.39 is 5.92 Å². The molecule has 2 amide bonds. The Balaban J connectivity index is 1.84. The second-order valence-corrected chi connectivity index (χ2v) is 6.48. The molecule has 5 heteroatoms. The lowest BCUT2D eigenvalue weighted by molar-refractivity contribution is -0.135. The number of halogens is 1. The highest BCUT2D eigenvalue weighted by atomic mass is 19.1. The third-order valence-electron chi connectivity index (χ3n) is 4.70. The molecule has 0 bridgehead atoms. The van der Waals surface area contributed by atoms with Gasteiger partial charge in [-0.15, -0.1) is 0 Å². The van der Waals surface area contributed by atoms with Gasteiger partial charge in [0.05, 0.1) is 12.0 Å². The number of benzene rings is 1. The van der Waals surface area contributed by atoms with Gasteiger partial charge in [0.25, 0.3) is 0 Å². The molecule has 0 aromatic heterocycles. The second kappa shape index (κ2) is 5.71. The summed E-state index contributed by atoms with van der Waals surface area (Å²) >= 11 is 0. The van der Waals surface area contributed by atoms with Gasteiger partial charge >= 0.3 is 0 Å². The summed E-state index contributed by atoms with van der Waals surface area (Å²) in [7, 11) is 3.48. The zero-order chi connectivity index (χ0) is 15.9. The molecule has 1 aromatic rings. The molecular formula is C17H21FN2O2. The first-order valence-corrected chi connectivity index (χ1v) is 7.73. The Morgan fingerprint density at radius 3 is 2.77 bits per heavy atom. The van der Waals surface area contributed by atoms with Crippen LogP contribution in [0, 0.1) is 17.7 Å². The van der Waals surface area contributed by atoms with Gasteiger partial charge in [-0.25, -0.2) is 4.39 Å². The molecule has 0 N–H and O–H groups in total. The van der Waals surface area contributed by atoms with E-state index in [-0.39, 0.29) is 30.1 Å². The maximum absolute atomic E-state index is 13.5. The van der Waals surface area contributed by atoms with Gasteiger partial charge in [-0.2, -0.15) is 0 Å². The van der Waals surface area contributed by atoms with Gasteiger partial charge in [0.1, 0.15) is 5.82 Å². The first-order chi connectivity index (χ1) is 10.5. The molecule has 0 unspecified atom stereocenters. The van der Waals surface area contributed by atoms with Gasteiger partial charge in [0, 0.05) is 27.1 Å². The summed E-state index contributed by atoms with van der Waals surface area (Å²) in [5.41, 5.74) is 0.687. The van der Waals surface area contributed by atoms with Crippen LogP contribution in [0.15, 0.2) is 24.3 Å². The van der Waals surface area contributed by atoms with Crippen LogP contribution in [0.5, 0.6) is 0 Å². The molecule has 1 saturated carbocycles. The number of likely N-dealkylation sites (tertiary alicyclic amines) is 1. The fourth-order valence-electron chi connectivity index (χ4n) is 3.30. The van der Waals surface area contributed by atoms with Crippen LogP contribution in [0.2, 0.25) is 0 Å². The zero-order valence-corrected chi connectivity index (χ0v) is 13.0. The number of amides is 2. The molecule has 4 nitrogen and oxygen atoms in total. The summed E-state index contributed by atoms with van der Waals surface area (Å²) in [4.78, 5) is 28.1. The van der Waals surface area contributed by atoms with Crippen molar-refractivity contribution in [3.63, 3.8) is 0 Å². The molecule has 2 aliphatic rings. The Bertz CT molecular complexity index is 600. The molecule has 2 atom stereocenters. The molecule has 118 valence electrons. The van der Waals surface area contributed by atoms with Crippen molar-refractivity contribution in [1.29, 1.82) is 0 Å². The molecule has 3 rings (SSSR count). The highest BCUT2D eigenvalue weighted by Gasteiger charge is 2.44. The minimum absolute atomic E-state index is 0.0149. The highest BCUT2D eigenvalue weighted by Crippen LogP contribution is 2.39. The number of hydrogen-bond donors (Lipinski definition) is 0. The maximum Gasteiger partial charge on any atom is 0.228 e. The summed E-state index contributed by atoms with van der Waals surface area (Å²) < 4.78 is 13.5. The van der Waals surface area contributed by atoms with Crippen molar-refractivity contribution in [2.24, 2.45) is 11.8 Å². The number of hydrogen-bond acceptors (Lipinski definition) is 2. The summed E-state index contributed by atoms with van der Waals surface area (Å²) in [5, 5.41) is 0. The van der Waals surface area contributed by atoms with Crippen molar-refractivity contribution in [2.45, 2.75) is 25.3 Å². The number of rotatable bonds is 4. The average Bonchev–Trinajstić information content (AvgIpc) is 3.24. The lowest BCUT2D eigenvalue weighted by atomic mass is 9.92. The Morgan fingerprint density at radius 1 is 1.41 bits per heavy atom. The largest absolute Gasteiger partial charge is 0.345 e. The summed E-state index contributed by atoms with van der Waals surface area (Å²) in [6.07, 6.45) is 2.55. The van der Waals surface area contributed by atoms with E-state index in [4.69, 9.17) is 0 Å². The van der Waals surface area contributed by atoms with Crippen molar-refractivity contribution in [3.05, 3.63) is 35.6 Å². The second-order valence-electron chi connectivity index (χ2n) is 6.48. The number of nitrogens with zero attached hydrogens (tertiary/aromatic N) is 2. The molecule has 2 fully saturated rings. The minimum Gasteiger partial charge on any atom is -0.345 e. The van der Waals surface area contributed by atoms with Crippen LogP contribution >= 0.6 is 0 Å². The Morgan fingerprint density at radius 2 is 2.14 bits per heavy atom. The van der Waals surface area contributed by atoms with Crippen LogP contribution in [0.3, 0.4) is 0 Å². The molecular weight excluding hydrogens is 283 g/mol. The predicted molar refractivity (Wildman–Crippen MR) is 80.4 cm³/mol. The van der Waals surface area contributed by atoms with Gasteiger partial charge < -0.3 is 9.80 Å². The molecule has 22 heavy (non-hydrogen) atoms. The van der Waals surface area contributed by atoms with E-state index >= 15 is 0 Å². The summed E-state index contributed by atoms with van der Waals surface area (Å²) in [6.45, 7) is 0.753. The summed E-state index contributed by atoms with van der Waals surface area (Å²) in [6, 6.07) is 5.82. The van der Waals surface area contributed by atoms with E-state index in [9.17, 15) is 14.0 Å². The average molecular weight is 304 g/mol. The Hall–Kier alpha value is -1.91. The Labute approximate surface area is 129 Å². The third-order valence-corrected chi connectivity index (χ3v) is 4.70. The fourth-order valence-corrected chi connectivity index (χ4v) is 3.30. The van der Waals surface area contributed by atoms with E-state index in [1.54, 1.807) is 36.0 Å². The van der Waals surface area contributed by atoms with E-state index in [2.05, 4.69) is 0 Å². The molecule has 1 aliphatic heterocycles. The quantitative estimate of drug-likeness (QED) is 0.856. The number of carbonyl (C=O) groups excluding carboxylic acids is 2. The predicted octanol–water partition coefficient (Wildman–Crippen LogP) is 2.21. The van der Waals surface area contributed by atoms with Gasteiger partial charge in [0.15, 0.2) is 0 Å². The first-order valence-electron chi connectivity index (χ1n) is 7.73. The normalized spacial score (nSPS) is 24.7. The highest BCUT2D eigenvalue weighted by molar-refractivity contribution is 5.90. The van der Waals surface area contributed by atoms with Crippen LogP contribution in [0.4, 0.5) is 4.39 Å². The zero-order valence-electron chi connectivity index (χ0n) is 13.0. The molecule has 1 heterocycles. The third kappa shape index (κ3) is 2.85. The lowest BCUT2D eigenvalue weighted by Crippen LogP contribution is -2.37. The van der Waals surface area contributed by atoms with E-state index in [0.717, 1.165) is 6.54 Å². The van der Waals surface area contributed by atoms with Crippen LogP contribution in [-0.4, -0.2) is 42.3 Å². The van der Waals surface area contributed by atoms with Crippen LogP contribution in [0.25, 0.3) is 0 Å². The number of carbonyl (C=O) groups is 2. The van der Waals surface area contributed by atoms with Crippen LogP contribution < -0.4 is 0 Å². The first kappa shape index (κ1) is 15.0.